The van der Waals surface area contributed by atoms with Gasteiger partial charge in [0.1, 0.15) is 11.5 Å². The van der Waals surface area contributed by atoms with Crippen molar-refractivity contribution >= 4 is 46.8 Å². The molecule has 0 spiro atoms. The number of hydrogen-bond acceptors (Lipinski definition) is 5. The van der Waals surface area contributed by atoms with Gasteiger partial charge in [-0.2, -0.15) is 4.99 Å². The summed E-state index contributed by atoms with van der Waals surface area (Å²) < 4.78 is 10.3. The zero-order valence-electron chi connectivity index (χ0n) is 16.6. The summed E-state index contributed by atoms with van der Waals surface area (Å²) >= 11 is 5.97. The van der Waals surface area contributed by atoms with Crippen LogP contribution in [0.25, 0.3) is 0 Å². The second-order valence-corrected chi connectivity index (χ2v) is 6.33. The monoisotopic (exact) mass is 432 g/mol. The van der Waals surface area contributed by atoms with Gasteiger partial charge in [0.25, 0.3) is 0 Å². The maximum Gasteiger partial charge on any atom is 0.413 e. The van der Waals surface area contributed by atoms with Crippen LogP contribution in [0.1, 0.15) is 20.3 Å². The molecule has 0 heterocycles. The van der Waals surface area contributed by atoms with E-state index in [0.717, 1.165) is 0 Å². The molecule has 2 aromatic rings. The number of alkyl carbamates (subject to hydrolysis) is 1. The zero-order chi connectivity index (χ0) is 22.1. The fourth-order valence-corrected chi connectivity index (χ4v) is 2.40. The standard InChI is InChI=1S/C20H21ClN4O5/c1-4-18(27)24-19(25-20(28)29-3)23-16-9-8-15(11-17(16)22-12(2)26)30-14-7-5-6-13(21)10-14/h5-11H,4H2,1-3H3,(H,22,26)(H2,23,24,25,27,28). The SMILES string of the molecule is CCC(=O)/N=C(\NC(=O)OC)Nc1ccc(Oc2cccc(Cl)c2)cc1NC(C)=O. The summed E-state index contributed by atoms with van der Waals surface area (Å²) in [5.41, 5.74) is 0.702. The van der Waals surface area contributed by atoms with Crippen LogP contribution in [0, 0.1) is 0 Å². The van der Waals surface area contributed by atoms with E-state index in [9.17, 15) is 14.4 Å². The van der Waals surface area contributed by atoms with E-state index in [4.69, 9.17) is 16.3 Å². The molecule has 10 heteroatoms. The number of halogens is 1. The fraction of sp³-hybridized carbons (Fsp3) is 0.200. The van der Waals surface area contributed by atoms with Crippen LogP contribution in [0.3, 0.4) is 0 Å². The molecule has 0 aliphatic rings. The Kier molecular flexibility index (Phi) is 8.18. The van der Waals surface area contributed by atoms with E-state index >= 15 is 0 Å². The Hall–Kier alpha value is -3.59. The Morgan fingerprint density at radius 2 is 1.77 bits per heavy atom. The maximum atomic E-state index is 11.7. The van der Waals surface area contributed by atoms with Crippen molar-refractivity contribution in [3.05, 3.63) is 47.5 Å². The van der Waals surface area contributed by atoms with Crippen LogP contribution in [-0.4, -0.2) is 31.0 Å². The highest BCUT2D eigenvalue weighted by Gasteiger charge is 2.13. The van der Waals surface area contributed by atoms with Gasteiger partial charge in [0.15, 0.2) is 0 Å². The maximum absolute atomic E-state index is 11.7. The van der Waals surface area contributed by atoms with Gasteiger partial charge in [0.2, 0.25) is 17.8 Å². The van der Waals surface area contributed by atoms with Crippen LogP contribution < -0.4 is 20.7 Å². The van der Waals surface area contributed by atoms with Crippen LogP contribution in [0.2, 0.25) is 5.02 Å². The van der Waals surface area contributed by atoms with Crippen LogP contribution >= 0.6 is 11.6 Å². The van der Waals surface area contributed by atoms with Gasteiger partial charge in [-0.1, -0.05) is 24.6 Å². The number of nitrogens with one attached hydrogen (secondary N) is 3. The number of amides is 3. The molecule has 0 fully saturated rings. The van der Waals surface area contributed by atoms with Crippen molar-refractivity contribution in [3.8, 4) is 11.5 Å². The van der Waals surface area contributed by atoms with Crippen molar-refractivity contribution in [1.29, 1.82) is 0 Å². The lowest BCUT2D eigenvalue weighted by atomic mass is 10.2. The number of aliphatic imine (C=N–C) groups is 1. The number of hydrogen-bond donors (Lipinski definition) is 3. The predicted octanol–water partition coefficient (Wildman–Crippen LogP) is 4.15. The van der Waals surface area contributed by atoms with E-state index in [0.29, 0.717) is 27.9 Å². The molecule has 0 atom stereocenters. The lowest BCUT2D eigenvalue weighted by Gasteiger charge is -2.16. The van der Waals surface area contributed by atoms with Crippen molar-refractivity contribution in [1.82, 2.24) is 5.32 Å². The number of rotatable bonds is 5. The minimum absolute atomic E-state index is 0.138. The highest BCUT2D eigenvalue weighted by molar-refractivity contribution is 6.30. The zero-order valence-corrected chi connectivity index (χ0v) is 17.4. The third-order valence-electron chi connectivity index (χ3n) is 3.53. The topological polar surface area (TPSA) is 118 Å². The average Bonchev–Trinajstić information content (AvgIpc) is 2.69. The van der Waals surface area contributed by atoms with Crippen LogP contribution in [0.5, 0.6) is 11.5 Å². The fourth-order valence-electron chi connectivity index (χ4n) is 2.22. The molecule has 2 aromatic carbocycles. The minimum Gasteiger partial charge on any atom is -0.457 e. The second kappa shape index (κ2) is 10.8. The van der Waals surface area contributed by atoms with E-state index < -0.39 is 12.0 Å². The Morgan fingerprint density at radius 1 is 1.03 bits per heavy atom. The van der Waals surface area contributed by atoms with Gasteiger partial charge in [0.05, 0.1) is 18.5 Å². The summed E-state index contributed by atoms with van der Waals surface area (Å²) in [7, 11) is 1.18. The first-order valence-electron chi connectivity index (χ1n) is 8.89. The molecule has 0 unspecified atom stereocenters. The molecule has 0 aliphatic carbocycles. The van der Waals surface area contributed by atoms with Gasteiger partial charge in [-0.25, -0.2) is 4.79 Å². The summed E-state index contributed by atoms with van der Waals surface area (Å²) in [5.74, 6) is -0.00235. The molecule has 3 N–H and O–H groups in total. The molecule has 0 bridgehead atoms. The van der Waals surface area contributed by atoms with Crippen LogP contribution in [-0.2, 0) is 14.3 Å². The number of anilines is 2. The van der Waals surface area contributed by atoms with E-state index in [1.807, 2.05) is 0 Å². The van der Waals surface area contributed by atoms with Gasteiger partial charge in [0, 0.05) is 24.4 Å². The normalized spacial score (nSPS) is 10.7. The van der Waals surface area contributed by atoms with Gasteiger partial charge in [-0.05, 0) is 30.3 Å². The molecule has 9 nitrogen and oxygen atoms in total. The van der Waals surface area contributed by atoms with Crippen molar-refractivity contribution in [2.75, 3.05) is 17.7 Å². The van der Waals surface area contributed by atoms with Gasteiger partial charge in [-0.3, -0.25) is 14.9 Å². The van der Waals surface area contributed by atoms with Crippen molar-refractivity contribution in [3.63, 3.8) is 0 Å². The average molecular weight is 433 g/mol. The number of carbonyl (C=O) groups is 3. The second-order valence-electron chi connectivity index (χ2n) is 5.90. The number of benzene rings is 2. The number of nitrogens with zero attached hydrogens (tertiary/aromatic N) is 1. The summed E-state index contributed by atoms with van der Waals surface area (Å²) in [6.45, 7) is 2.98. The van der Waals surface area contributed by atoms with E-state index in [-0.39, 0.29) is 18.3 Å². The first-order valence-corrected chi connectivity index (χ1v) is 9.27. The molecule has 3 amide bonds. The summed E-state index contributed by atoms with van der Waals surface area (Å²) in [4.78, 5) is 38.7. The Bertz CT molecular complexity index is 977. The van der Waals surface area contributed by atoms with E-state index in [2.05, 4.69) is 25.7 Å². The first-order chi connectivity index (χ1) is 14.3. The Labute approximate surface area is 178 Å². The minimum atomic E-state index is -0.813. The number of carbonyl (C=O) groups excluding carboxylic acids is 3. The summed E-state index contributed by atoms with van der Waals surface area (Å²) in [6.07, 6.45) is -0.675. The molecule has 0 saturated heterocycles. The number of methoxy groups -OCH3 is 1. The quantitative estimate of drug-likeness (QED) is 0.482. The number of guanidine groups is 1. The van der Waals surface area contributed by atoms with E-state index in [1.54, 1.807) is 49.4 Å². The molecule has 0 saturated carbocycles. The van der Waals surface area contributed by atoms with E-state index in [1.165, 1.54) is 14.0 Å². The molecule has 2 rings (SSSR count). The molecule has 0 aliphatic heterocycles. The number of ether oxygens (including phenoxy) is 2. The summed E-state index contributed by atoms with van der Waals surface area (Å²) in [5, 5.41) is 8.31. The third kappa shape index (κ3) is 7.10. The Balaban J connectivity index is 2.34. The van der Waals surface area contributed by atoms with Crippen molar-refractivity contribution < 1.29 is 23.9 Å². The lowest BCUT2D eigenvalue weighted by Crippen LogP contribution is -2.36. The van der Waals surface area contributed by atoms with Gasteiger partial charge in [-0.15, -0.1) is 0 Å². The smallest absolute Gasteiger partial charge is 0.413 e. The molecule has 0 aromatic heterocycles. The molecule has 30 heavy (non-hydrogen) atoms. The van der Waals surface area contributed by atoms with Crippen molar-refractivity contribution in [2.45, 2.75) is 20.3 Å². The largest absolute Gasteiger partial charge is 0.457 e. The first kappa shape index (κ1) is 22.7. The van der Waals surface area contributed by atoms with Gasteiger partial charge < -0.3 is 20.1 Å². The molecular formula is C20H21ClN4O5. The summed E-state index contributed by atoms with van der Waals surface area (Å²) in [6, 6.07) is 11.6. The molecule has 158 valence electrons. The molecule has 0 radical (unpaired) electrons. The van der Waals surface area contributed by atoms with Crippen LogP contribution in [0.15, 0.2) is 47.5 Å². The highest BCUT2D eigenvalue weighted by Crippen LogP contribution is 2.31. The highest BCUT2D eigenvalue weighted by atomic mass is 35.5. The van der Waals surface area contributed by atoms with Gasteiger partial charge >= 0.3 is 6.09 Å². The molecular weight excluding hydrogens is 412 g/mol. The predicted molar refractivity (Wildman–Crippen MR) is 114 cm³/mol. The van der Waals surface area contributed by atoms with Crippen molar-refractivity contribution in [2.24, 2.45) is 4.99 Å². The van der Waals surface area contributed by atoms with Crippen LogP contribution in [0.4, 0.5) is 16.2 Å². The lowest BCUT2D eigenvalue weighted by molar-refractivity contribution is -0.117. The Morgan fingerprint density at radius 3 is 2.40 bits per heavy atom. The third-order valence-corrected chi connectivity index (χ3v) is 3.77.